The van der Waals surface area contributed by atoms with E-state index in [-0.39, 0.29) is 76.3 Å². The second-order valence-corrected chi connectivity index (χ2v) is 1.34. The first kappa shape index (κ1) is 22.5. The fourth-order valence-corrected chi connectivity index (χ4v) is 0. The third-order valence-corrected chi connectivity index (χ3v) is 0. The van der Waals surface area contributed by atoms with Crippen LogP contribution in [0, 0.1) is 0 Å². The van der Waals surface area contributed by atoms with Crippen molar-refractivity contribution < 1.29 is 42.5 Å². The molecular formula is H5KO5RuS. The minimum atomic E-state index is -4.67. The Morgan fingerprint density at radius 1 is 1.12 bits per heavy atom. The van der Waals surface area contributed by atoms with Gasteiger partial charge in [0, 0.05) is 19.5 Å². The van der Waals surface area contributed by atoms with Gasteiger partial charge in [0.05, 0.1) is 0 Å². The van der Waals surface area contributed by atoms with E-state index in [9.17, 15) is 0 Å². The van der Waals surface area contributed by atoms with Crippen molar-refractivity contribution in [2.45, 2.75) is 0 Å². The first-order valence-electron chi connectivity index (χ1n) is 0.698. The second kappa shape index (κ2) is 9.09. The summed E-state index contributed by atoms with van der Waals surface area (Å²) in [5.41, 5.74) is 0. The van der Waals surface area contributed by atoms with Crippen molar-refractivity contribution in [1.82, 2.24) is 0 Å². The van der Waals surface area contributed by atoms with Crippen molar-refractivity contribution in [3.63, 3.8) is 0 Å². The van der Waals surface area contributed by atoms with Gasteiger partial charge >= 0.3 is 61.8 Å². The summed E-state index contributed by atoms with van der Waals surface area (Å²) in [6, 6.07) is 0. The van der Waals surface area contributed by atoms with Gasteiger partial charge in [-0.05, 0) is 0 Å². The van der Waals surface area contributed by atoms with E-state index >= 15 is 0 Å². The van der Waals surface area contributed by atoms with E-state index < -0.39 is 10.4 Å². The summed E-state index contributed by atoms with van der Waals surface area (Å²) in [6.45, 7) is 0. The van der Waals surface area contributed by atoms with E-state index in [0.717, 1.165) is 0 Å². The zero-order chi connectivity index (χ0) is 4.50. The Labute approximate surface area is 102 Å². The summed E-state index contributed by atoms with van der Waals surface area (Å²) < 4.78 is 31.6. The molecule has 0 saturated heterocycles. The Hall–Kier alpha value is 2.09. The predicted molar refractivity (Wildman–Crippen MR) is 24.9 cm³/mol. The molecule has 8 heavy (non-hydrogen) atoms. The minimum absolute atomic E-state index is 0. The van der Waals surface area contributed by atoms with Gasteiger partial charge in [0.15, 0.2) is 0 Å². The van der Waals surface area contributed by atoms with E-state index in [0.29, 0.717) is 0 Å². The molecule has 0 radical (unpaired) electrons. The molecule has 4 N–H and O–H groups in total. The first-order valence-corrected chi connectivity index (χ1v) is 2.10. The van der Waals surface area contributed by atoms with Crippen LogP contribution in [0.15, 0.2) is 0 Å². The topological polar surface area (TPSA) is 106 Å². The van der Waals surface area contributed by atoms with Crippen LogP contribution in [0.2, 0.25) is 0 Å². The van der Waals surface area contributed by atoms with Crippen LogP contribution >= 0.6 is 0 Å². The van der Waals surface area contributed by atoms with Crippen LogP contribution in [0.25, 0.3) is 0 Å². The summed E-state index contributed by atoms with van der Waals surface area (Å²) in [5.74, 6) is 0. The van der Waals surface area contributed by atoms with Gasteiger partial charge < -0.3 is 5.48 Å². The Kier molecular flexibility index (Phi) is 25.5. The summed E-state index contributed by atoms with van der Waals surface area (Å²) in [7, 11) is -4.67. The van der Waals surface area contributed by atoms with Gasteiger partial charge in [-0.25, -0.2) is 0 Å². The number of hydrogen-bond donors (Lipinski definition) is 2. The maximum atomic E-state index is 8.74. The molecule has 0 atom stereocenters. The molecule has 0 fully saturated rings. The van der Waals surface area contributed by atoms with E-state index in [1.165, 1.54) is 0 Å². The molecule has 0 spiro atoms. The van der Waals surface area contributed by atoms with Crippen molar-refractivity contribution in [2.75, 3.05) is 0 Å². The fourth-order valence-electron chi connectivity index (χ4n) is 0. The van der Waals surface area contributed by atoms with Gasteiger partial charge in [-0.2, -0.15) is 8.42 Å². The van der Waals surface area contributed by atoms with E-state index in [1.54, 1.807) is 0 Å². The van der Waals surface area contributed by atoms with E-state index in [4.69, 9.17) is 17.5 Å². The van der Waals surface area contributed by atoms with Crippen molar-refractivity contribution in [3.05, 3.63) is 0 Å². The van der Waals surface area contributed by atoms with Crippen molar-refractivity contribution in [3.8, 4) is 0 Å². The number of hydrogen-bond acceptors (Lipinski definition) is 2. The smallest absolute Gasteiger partial charge is 0 e. The molecule has 0 aromatic carbocycles. The van der Waals surface area contributed by atoms with Crippen LogP contribution in [0.5, 0.6) is 0 Å². The molecule has 0 aromatic rings. The first-order chi connectivity index (χ1) is 2.00. The zero-order valence-corrected chi connectivity index (χ0v) is 5.53. The molecule has 0 rings (SSSR count). The molecule has 0 amide bonds. The molecular weight excluding hydrogens is 252 g/mol. The monoisotopic (exact) mass is 258 g/mol. The minimum Gasteiger partial charge on any atom is 0 e. The second-order valence-electron chi connectivity index (χ2n) is 0.448. The third kappa shape index (κ3) is 93.1. The molecule has 0 aliphatic carbocycles. The maximum absolute atomic E-state index is 8.74. The average Bonchev–Trinajstić information content (AvgIpc) is 0.722. The quantitative estimate of drug-likeness (QED) is 0.382. The van der Waals surface area contributed by atoms with Gasteiger partial charge in [-0.1, -0.05) is 0 Å². The summed E-state index contributed by atoms with van der Waals surface area (Å²) in [5, 5.41) is 0. The van der Waals surface area contributed by atoms with Gasteiger partial charge in [0.2, 0.25) is 0 Å². The molecule has 0 heterocycles. The number of rotatable bonds is 0. The van der Waals surface area contributed by atoms with Crippen LogP contribution in [-0.4, -0.2) is 74.4 Å². The average molecular weight is 257 g/mol. The van der Waals surface area contributed by atoms with E-state index in [2.05, 4.69) is 0 Å². The SMILES string of the molecule is O.O=S(=O)(O)O.[KH].[Ru]. The van der Waals surface area contributed by atoms with Gasteiger partial charge in [0.1, 0.15) is 0 Å². The standard InChI is InChI=1S/K.H2O4S.H2O.Ru.H/c;1-5(2,3)4;;;/h;(H2,1,2,3,4);1H2;;. The van der Waals surface area contributed by atoms with Gasteiger partial charge in [-0.15, -0.1) is 0 Å². The predicted octanol–water partition coefficient (Wildman–Crippen LogP) is -2.13. The van der Waals surface area contributed by atoms with Crippen LogP contribution in [0.3, 0.4) is 0 Å². The normalized spacial score (nSPS) is 7.25. The molecule has 0 unspecified atom stereocenters. The Morgan fingerprint density at radius 2 is 1.12 bits per heavy atom. The van der Waals surface area contributed by atoms with Crippen LogP contribution < -0.4 is 0 Å². The van der Waals surface area contributed by atoms with Gasteiger partial charge in [0.25, 0.3) is 0 Å². The molecule has 0 bridgehead atoms. The molecule has 0 aliphatic heterocycles. The van der Waals surface area contributed by atoms with Crippen LogP contribution in [0.1, 0.15) is 0 Å². The van der Waals surface area contributed by atoms with E-state index in [1.807, 2.05) is 0 Å². The van der Waals surface area contributed by atoms with Crippen molar-refractivity contribution >= 4 is 61.8 Å². The molecule has 0 saturated carbocycles. The van der Waals surface area contributed by atoms with Crippen molar-refractivity contribution in [1.29, 1.82) is 0 Å². The molecule has 8 heteroatoms. The van der Waals surface area contributed by atoms with Crippen LogP contribution in [-0.2, 0) is 29.9 Å². The molecule has 50 valence electrons. The largest absolute Gasteiger partial charge is 0 e. The summed E-state index contributed by atoms with van der Waals surface area (Å²) in [6.07, 6.45) is 0. The summed E-state index contributed by atoms with van der Waals surface area (Å²) >= 11 is 0. The maximum Gasteiger partial charge on any atom is 0 e. The fraction of sp³-hybridized carbons (Fsp3) is 0. The zero-order valence-electron chi connectivity index (χ0n) is 2.97. The van der Waals surface area contributed by atoms with Gasteiger partial charge in [-0.3, -0.25) is 9.11 Å². The molecule has 0 aliphatic rings. The Bertz CT molecular complexity index is 95.6. The molecule has 0 aromatic heterocycles. The summed E-state index contributed by atoms with van der Waals surface area (Å²) in [4.78, 5) is 0. The van der Waals surface area contributed by atoms with Crippen molar-refractivity contribution in [2.24, 2.45) is 0 Å². The van der Waals surface area contributed by atoms with Crippen LogP contribution in [0.4, 0.5) is 0 Å². The molecule has 5 nitrogen and oxygen atoms in total. The third-order valence-electron chi connectivity index (χ3n) is 0. The Balaban J connectivity index is -0.0000000267. The Morgan fingerprint density at radius 3 is 1.12 bits per heavy atom.